The molecule has 2 aliphatic rings. The van der Waals surface area contributed by atoms with Gasteiger partial charge in [-0.3, -0.25) is 4.98 Å². The zero-order valence-electron chi connectivity index (χ0n) is 31.5. The second kappa shape index (κ2) is 16.1. The predicted molar refractivity (Wildman–Crippen MR) is 200 cm³/mol. The Morgan fingerprint density at radius 2 is 1.68 bits per heavy atom. The monoisotopic (exact) mass is 684 g/mol. The summed E-state index contributed by atoms with van der Waals surface area (Å²) in [6, 6.07) is 14.8. The highest BCUT2D eigenvalue weighted by Crippen LogP contribution is 2.46. The Bertz CT molecular complexity index is 1630. The van der Waals surface area contributed by atoms with Crippen molar-refractivity contribution in [3.63, 3.8) is 0 Å². The summed E-state index contributed by atoms with van der Waals surface area (Å²) in [6.07, 6.45) is 9.29. The molecule has 2 aromatic carbocycles. The first kappa shape index (κ1) is 37.5. The quantitative estimate of drug-likeness (QED) is 0.140. The molecule has 0 N–H and O–H groups in total. The Morgan fingerprint density at radius 1 is 1.00 bits per heavy atom. The summed E-state index contributed by atoms with van der Waals surface area (Å²) in [5.41, 5.74) is 7.81. The van der Waals surface area contributed by atoms with Gasteiger partial charge in [0.2, 0.25) is 0 Å². The normalized spacial score (nSPS) is 17.0. The Balaban J connectivity index is 1.63. The van der Waals surface area contributed by atoms with Gasteiger partial charge in [0, 0.05) is 42.8 Å². The van der Waals surface area contributed by atoms with Crippen LogP contribution in [-0.2, 0) is 27.1 Å². The summed E-state index contributed by atoms with van der Waals surface area (Å²) >= 11 is 0. The number of hydrogen-bond donors (Lipinski definition) is 0. The molecule has 270 valence electrons. The van der Waals surface area contributed by atoms with Gasteiger partial charge < -0.3 is 19.1 Å². The Kier molecular flexibility index (Phi) is 12.1. The zero-order chi connectivity index (χ0) is 36.1. The summed E-state index contributed by atoms with van der Waals surface area (Å²) in [5.74, 6) is 0.138. The molecule has 2 heterocycles. The number of hydrogen-bond acceptors (Lipinski definition) is 6. The summed E-state index contributed by atoms with van der Waals surface area (Å²) in [6.45, 7) is 18.6. The van der Waals surface area contributed by atoms with E-state index in [2.05, 4.69) is 37.0 Å². The maximum atomic E-state index is 14.0. The van der Waals surface area contributed by atoms with E-state index in [1.807, 2.05) is 53.7 Å². The van der Waals surface area contributed by atoms with Crippen molar-refractivity contribution in [1.29, 1.82) is 0 Å². The Morgan fingerprint density at radius 3 is 2.28 bits per heavy atom. The van der Waals surface area contributed by atoms with Gasteiger partial charge in [-0.25, -0.2) is 9.18 Å². The standard InChI is InChI=1S/C43H57FN2O4/c1-29(2)49-41(47)40(50-42(4,5)6)37-30(3)45-36(28-32-12-10-9-11-13-32)38(39(37)46-25-23-43(7,8)24-26-46)33-16-20-35(21-17-33)48-27-22-31-14-18-34(44)19-15-31/h12,14-21,29,40H,9-11,13,22-28H2,1-8H3. The molecule has 0 spiro atoms. The number of carbonyl (C=O) groups excluding carboxylic acids is 1. The molecule has 1 fully saturated rings. The first-order valence-electron chi connectivity index (χ1n) is 18.5. The molecule has 1 unspecified atom stereocenters. The van der Waals surface area contributed by atoms with Crippen molar-refractivity contribution in [1.82, 2.24) is 4.98 Å². The van der Waals surface area contributed by atoms with E-state index in [1.54, 1.807) is 12.1 Å². The number of anilines is 1. The second-order valence-electron chi connectivity index (χ2n) is 16.1. The molecule has 6 nitrogen and oxygen atoms in total. The fourth-order valence-corrected chi connectivity index (χ4v) is 6.98. The number of allylic oxidation sites excluding steroid dienone is 2. The van der Waals surface area contributed by atoms with E-state index >= 15 is 0 Å². The van der Waals surface area contributed by atoms with Gasteiger partial charge in [0.05, 0.1) is 29.7 Å². The third kappa shape index (κ3) is 9.96. The number of carbonyl (C=O) groups is 1. The first-order valence-corrected chi connectivity index (χ1v) is 18.5. The summed E-state index contributed by atoms with van der Waals surface area (Å²) < 4.78 is 32.0. The molecule has 1 atom stereocenters. The van der Waals surface area contributed by atoms with Gasteiger partial charge in [-0.15, -0.1) is 0 Å². The molecule has 1 aliphatic carbocycles. The van der Waals surface area contributed by atoms with Gasteiger partial charge in [0.15, 0.2) is 6.10 Å². The van der Waals surface area contributed by atoms with Gasteiger partial charge in [-0.05, 0) is 121 Å². The largest absolute Gasteiger partial charge is 0.493 e. The first-order chi connectivity index (χ1) is 23.7. The molecule has 1 aromatic heterocycles. The lowest BCUT2D eigenvalue weighted by Crippen LogP contribution is -2.39. The maximum absolute atomic E-state index is 14.0. The number of nitrogens with zero attached hydrogens (tertiary/aromatic N) is 2. The van der Waals surface area contributed by atoms with Crippen molar-refractivity contribution in [2.45, 2.75) is 125 Å². The van der Waals surface area contributed by atoms with E-state index in [9.17, 15) is 9.18 Å². The third-order valence-electron chi connectivity index (χ3n) is 9.70. The molecule has 5 rings (SSSR count). The number of ether oxygens (including phenoxy) is 3. The number of benzene rings is 2. The van der Waals surface area contributed by atoms with Crippen molar-refractivity contribution < 1.29 is 23.4 Å². The molecule has 3 aromatic rings. The highest BCUT2D eigenvalue weighted by molar-refractivity contribution is 5.89. The second-order valence-corrected chi connectivity index (χ2v) is 16.1. The molecule has 1 saturated heterocycles. The van der Waals surface area contributed by atoms with Crippen LogP contribution >= 0.6 is 0 Å². The minimum Gasteiger partial charge on any atom is -0.493 e. The summed E-state index contributed by atoms with van der Waals surface area (Å²) in [5, 5.41) is 0. The number of pyridine rings is 1. The van der Waals surface area contributed by atoms with Crippen molar-refractivity contribution in [3.8, 4) is 16.9 Å². The number of aromatic nitrogens is 1. The number of halogens is 1. The van der Waals surface area contributed by atoms with Crippen molar-refractivity contribution in [3.05, 3.63) is 88.5 Å². The molecule has 7 heteroatoms. The molecule has 0 amide bonds. The fraction of sp³-hybridized carbons (Fsp3) is 0.535. The lowest BCUT2D eigenvalue weighted by molar-refractivity contribution is -0.171. The molecular formula is C43H57FN2O4. The van der Waals surface area contributed by atoms with E-state index in [4.69, 9.17) is 19.2 Å². The molecule has 1 aliphatic heterocycles. The number of piperidine rings is 1. The van der Waals surface area contributed by atoms with E-state index in [0.717, 1.165) is 90.3 Å². The third-order valence-corrected chi connectivity index (χ3v) is 9.70. The average Bonchev–Trinajstić information content (AvgIpc) is 3.05. The van der Waals surface area contributed by atoms with Gasteiger partial charge in [-0.2, -0.15) is 0 Å². The van der Waals surface area contributed by atoms with Crippen LogP contribution in [0.1, 0.15) is 116 Å². The summed E-state index contributed by atoms with van der Waals surface area (Å²) in [7, 11) is 0. The van der Waals surface area contributed by atoms with Gasteiger partial charge in [0.1, 0.15) is 11.6 Å². The lowest BCUT2D eigenvalue weighted by Gasteiger charge is -2.41. The highest BCUT2D eigenvalue weighted by Gasteiger charge is 2.38. The minimum atomic E-state index is -0.939. The Hall–Kier alpha value is -3.71. The van der Waals surface area contributed by atoms with Crippen molar-refractivity contribution >= 4 is 11.7 Å². The highest BCUT2D eigenvalue weighted by atomic mass is 19.1. The van der Waals surface area contributed by atoms with E-state index in [-0.39, 0.29) is 17.3 Å². The maximum Gasteiger partial charge on any atom is 0.340 e. The van der Waals surface area contributed by atoms with Gasteiger partial charge in [0.25, 0.3) is 0 Å². The summed E-state index contributed by atoms with van der Waals surface area (Å²) in [4.78, 5) is 21.8. The van der Waals surface area contributed by atoms with E-state index < -0.39 is 17.7 Å². The van der Waals surface area contributed by atoms with Crippen LogP contribution in [0.4, 0.5) is 10.1 Å². The van der Waals surface area contributed by atoms with Gasteiger partial charge in [-0.1, -0.05) is 49.8 Å². The van der Waals surface area contributed by atoms with Crippen LogP contribution < -0.4 is 9.64 Å². The lowest BCUT2D eigenvalue weighted by atomic mass is 9.81. The number of esters is 1. The van der Waals surface area contributed by atoms with Crippen LogP contribution in [0.3, 0.4) is 0 Å². The van der Waals surface area contributed by atoms with Crippen LogP contribution in [0.15, 0.2) is 60.2 Å². The average molecular weight is 685 g/mol. The molecule has 0 saturated carbocycles. The smallest absolute Gasteiger partial charge is 0.340 e. The van der Waals surface area contributed by atoms with E-state index in [1.165, 1.54) is 30.5 Å². The number of rotatable bonds is 12. The van der Waals surface area contributed by atoms with Crippen LogP contribution in [0.5, 0.6) is 5.75 Å². The molecule has 50 heavy (non-hydrogen) atoms. The van der Waals surface area contributed by atoms with Crippen molar-refractivity contribution in [2.75, 3.05) is 24.6 Å². The van der Waals surface area contributed by atoms with Crippen LogP contribution in [-0.4, -0.2) is 42.4 Å². The van der Waals surface area contributed by atoms with Crippen LogP contribution in [0, 0.1) is 18.2 Å². The fourth-order valence-electron chi connectivity index (χ4n) is 6.98. The van der Waals surface area contributed by atoms with Crippen LogP contribution in [0.2, 0.25) is 0 Å². The topological polar surface area (TPSA) is 60.9 Å². The van der Waals surface area contributed by atoms with Gasteiger partial charge >= 0.3 is 5.97 Å². The predicted octanol–water partition coefficient (Wildman–Crippen LogP) is 10.3. The van der Waals surface area contributed by atoms with E-state index in [0.29, 0.717) is 13.0 Å². The number of aryl methyl sites for hydroxylation is 1. The molecule has 0 bridgehead atoms. The Labute approximate surface area is 299 Å². The zero-order valence-corrected chi connectivity index (χ0v) is 31.5. The van der Waals surface area contributed by atoms with Crippen molar-refractivity contribution in [2.24, 2.45) is 5.41 Å². The molecule has 0 radical (unpaired) electrons. The SMILES string of the molecule is Cc1nc(CC2=CCCCC2)c(-c2ccc(OCCc3ccc(F)cc3)cc2)c(N2CCC(C)(C)CC2)c1C(OC(C)(C)C)C(=O)OC(C)C. The van der Waals surface area contributed by atoms with Crippen LogP contribution in [0.25, 0.3) is 11.1 Å². The molecular weight excluding hydrogens is 627 g/mol. The minimum absolute atomic E-state index is 0.236.